The Morgan fingerprint density at radius 3 is 2.56 bits per heavy atom. The molecule has 1 aromatic carbocycles. The van der Waals surface area contributed by atoms with Gasteiger partial charge in [-0.2, -0.15) is 0 Å². The Balaban J connectivity index is 1.74. The third-order valence-corrected chi connectivity index (χ3v) is 3.86. The van der Waals surface area contributed by atoms with Crippen molar-refractivity contribution in [2.75, 3.05) is 12.4 Å². The number of hydrogen-bond donors (Lipinski definition) is 2. The quantitative estimate of drug-likeness (QED) is 0.671. The number of rotatable bonds is 7. The number of nitrogens with zero attached hydrogens (tertiary/aromatic N) is 1. The molecule has 1 atom stereocenters. The molecule has 3 aromatic rings. The first-order valence-corrected chi connectivity index (χ1v) is 8.35. The Morgan fingerprint density at radius 1 is 1.11 bits per heavy atom. The van der Waals surface area contributed by atoms with Crippen LogP contribution in [0, 0.1) is 0 Å². The molecule has 0 radical (unpaired) electrons. The Labute approximate surface area is 156 Å². The Hall–Kier alpha value is -3.61. The first-order chi connectivity index (χ1) is 13.2. The fourth-order valence-electron chi connectivity index (χ4n) is 2.50. The number of ether oxygens (including phenoxy) is 1. The highest BCUT2D eigenvalue weighted by molar-refractivity contribution is 6.00. The third kappa shape index (κ3) is 4.94. The van der Waals surface area contributed by atoms with Gasteiger partial charge in [0.25, 0.3) is 5.91 Å². The normalized spacial score (nSPS) is 11.4. The molecule has 2 aromatic heterocycles. The van der Waals surface area contributed by atoms with Crippen LogP contribution in [0.15, 0.2) is 71.5 Å². The van der Waals surface area contributed by atoms with E-state index in [1.165, 1.54) is 19.6 Å². The van der Waals surface area contributed by atoms with E-state index in [4.69, 9.17) is 9.15 Å². The van der Waals surface area contributed by atoms with Gasteiger partial charge in [0.05, 0.1) is 25.3 Å². The molecule has 7 nitrogen and oxygen atoms in total. The zero-order valence-corrected chi connectivity index (χ0v) is 14.7. The Morgan fingerprint density at radius 2 is 1.93 bits per heavy atom. The summed E-state index contributed by atoms with van der Waals surface area (Å²) in [6, 6.07) is 15.1. The molecular weight excluding hydrogens is 346 g/mol. The van der Waals surface area contributed by atoms with E-state index in [-0.39, 0.29) is 11.7 Å². The number of amides is 2. The minimum Gasteiger partial charge on any atom is -0.481 e. The van der Waals surface area contributed by atoms with Crippen molar-refractivity contribution in [1.82, 2.24) is 10.3 Å². The lowest BCUT2D eigenvalue weighted by molar-refractivity contribution is -0.118. The number of methoxy groups -OCH3 is 1. The molecule has 2 N–H and O–H groups in total. The zero-order valence-electron chi connectivity index (χ0n) is 14.7. The summed E-state index contributed by atoms with van der Waals surface area (Å²) in [5, 5.41) is 5.48. The molecule has 2 amide bonds. The van der Waals surface area contributed by atoms with E-state index in [1.54, 1.807) is 24.3 Å². The molecule has 2 heterocycles. The SMILES string of the molecule is COc1ccc(NC(=O)C(Cc2ccccc2)NC(=O)c2ccco2)cn1. The lowest BCUT2D eigenvalue weighted by Crippen LogP contribution is -2.45. The van der Waals surface area contributed by atoms with Gasteiger partial charge < -0.3 is 19.8 Å². The van der Waals surface area contributed by atoms with Crippen molar-refractivity contribution >= 4 is 17.5 Å². The number of hydrogen-bond acceptors (Lipinski definition) is 5. The van der Waals surface area contributed by atoms with Gasteiger partial charge in [-0.3, -0.25) is 9.59 Å². The number of benzene rings is 1. The molecule has 0 saturated carbocycles. The number of pyridine rings is 1. The van der Waals surface area contributed by atoms with Crippen LogP contribution in [0.4, 0.5) is 5.69 Å². The number of furan rings is 1. The predicted molar refractivity (Wildman–Crippen MR) is 99.5 cm³/mol. The maximum absolute atomic E-state index is 12.8. The zero-order chi connectivity index (χ0) is 19.1. The van der Waals surface area contributed by atoms with Gasteiger partial charge in [-0.05, 0) is 23.8 Å². The Kier molecular flexibility index (Phi) is 5.84. The molecule has 27 heavy (non-hydrogen) atoms. The lowest BCUT2D eigenvalue weighted by Gasteiger charge is -2.18. The summed E-state index contributed by atoms with van der Waals surface area (Å²) in [6.07, 6.45) is 3.23. The number of carbonyl (C=O) groups is 2. The molecule has 0 bridgehead atoms. The molecule has 3 rings (SSSR count). The predicted octanol–water partition coefficient (Wildman–Crippen LogP) is 2.66. The fraction of sp³-hybridized carbons (Fsp3) is 0.150. The van der Waals surface area contributed by atoms with E-state index in [9.17, 15) is 9.59 Å². The van der Waals surface area contributed by atoms with Gasteiger partial charge in [0.15, 0.2) is 5.76 Å². The van der Waals surface area contributed by atoms with Gasteiger partial charge in [-0.25, -0.2) is 4.98 Å². The molecule has 7 heteroatoms. The molecule has 0 aliphatic rings. The summed E-state index contributed by atoms with van der Waals surface area (Å²) in [5.74, 6) is -0.221. The molecule has 0 aliphatic heterocycles. The van der Waals surface area contributed by atoms with Crippen LogP contribution in [-0.2, 0) is 11.2 Å². The van der Waals surface area contributed by atoms with Crippen LogP contribution in [0.5, 0.6) is 5.88 Å². The second-order valence-corrected chi connectivity index (χ2v) is 5.77. The highest BCUT2D eigenvalue weighted by Crippen LogP contribution is 2.13. The smallest absolute Gasteiger partial charge is 0.287 e. The first kappa shape index (κ1) is 18.2. The van der Waals surface area contributed by atoms with Crippen LogP contribution in [0.1, 0.15) is 16.1 Å². The summed E-state index contributed by atoms with van der Waals surface area (Å²) in [4.78, 5) is 29.1. The van der Waals surface area contributed by atoms with Crippen LogP contribution in [0.3, 0.4) is 0 Å². The standard InChI is InChI=1S/C20H19N3O4/c1-26-18-10-9-15(13-21-18)22-19(24)16(12-14-6-3-2-4-7-14)23-20(25)17-8-5-11-27-17/h2-11,13,16H,12H2,1H3,(H,22,24)(H,23,25). The molecule has 0 saturated heterocycles. The highest BCUT2D eigenvalue weighted by atomic mass is 16.5. The summed E-state index contributed by atoms with van der Waals surface area (Å²) >= 11 is 0. The van der Waals surface area contributed by atoms with Crippen LogP contribution in [0.2, 0.25) is 0 Å². The van der Waals surface area contributed by atoms with Gasteiger partial charge in [-0.1, -0.05) is 30.3 Å². The van der Waals surface area contributed by atoms with Crippen molar-refractivity contribution < 1.29 is 18.7 Å². The summed E-state index contributed by atoms with van der Waals surface area (Å²) in [5.41, 5.74) is 1.43. The summed E-state index contributed by atoms with van der Waals surface area (Å²) in [6.45, 7) is 0. The lowest BCUT2D eigenvalue weighted by atomic mass is 10.0. The topological polar surface area (TPSA) is 93.5 Å². The van der Waals surface area contributed by atoms with Crippen molar-refractivity contribution in [2.24, 2.45) is 0 Å². The first-order valence-electron chi connectivity index (χ1n) is 8.35. The van der Waals surface area contributed by atoms with E-state index >= 15 is 0 Å². The molecule has 0 fully saturated rings. The van der Waals surface area contributed by atoms with Crippen LogP contribution >= 0.6 is 0 Å². The monoisotopic (exact) mass is 365 g/mol. The van der Waals surface area contributed by atoms with Gasteiger partial charge in [0.2, 0.25) is 11.8 Å². The summed E-state index contributed by atoms with van der Waals surface area (Å²) in [7, 11) is 1.51. The minimum atomic E-state index is -0.785. The summed E-state index contributed by atoms with van der Waals surface area (Å²) < 4.78 is 10.1. The minimum absolute atomic E-state index is 0.145. The maximum Gasteiger partial charge on any atom is 0.287 e. The van der Waals surface area contributed by atoms with Crippen molar-refractivity contribution in [1.29, 1.82) is 0 Å². The van der Waals surface area contributed by atoms with Crippen molar-refractivity contribution in [3.05, 3.63) is 78.4 Å². The third-order valence-electron chi connectivity index (χ3n) is 3.86. The maximum atomic E-state index is 12.8. The molecule has 0 aliphatic carbocycles. The average Bonchev–Trinajstić information content (AvgIpc) is 3.24. The van der Waals surface area contributed by atoms with Gasteiger partial charge in [0, 0.05) is 12.5 Å². The Bertz CT molecular complexity index is 877. The van der Waals surface area contributed by atoms with Gasteiger partial charge in [0.1, 0.15) is 6.04 Å². The largest absolute Gasteiger partial charge is 0.481 e. The van der Waals surface area contributed by atoms with Gasteiger partial charge >= 0.3 is 0 Å². The average molecular weight is 365 g/mol. The van der Waals surface area contributed by atoms with Crippen molar-refractivity contribution in [3.63, 3.8) is 0 Å². The molecule has 0 spiro atoms. The fourth-order valence-corrected chi connectivity index (χ4v) is 2.50. The molecular formula is C20H19N3O4. The molecule has 138 valence electrons. The second-order valence-electron chi connectivity index (χ2n) is 5.77. The van der Waals surface area contributed by atoms with Crippen molar-refractivity contribution in [3.8, 4) is 5.88 Å². The van der Waals surface area contributed by atoms with Crippen LogP contribution in [-0.4, -0.2) is 29.9 Å². The second kappa shape index (κ2) is 8.66. The van der Waals surface area contributed by atoms with E-state index in [1.807, 2.05) is 30.3 Å². The van der Waals surface area contributed by atoms with Gasteiger partial charge in [-0.15, -0.1) is 0 Å². The number of aromatic nitrogens is 1. The van der Waals surface area contributed by atoms with Crippen molar-refractivity contribution in [2.45, 2.75) is 12.5 Å². The van der Waals surface area contributed by atoms with Crippen LogP contribution in [0.25, 0.3) is 0 Å². The number of carbonyl (C=O) groups excluding carboxylic acids is 2. The highest BCUT2D eigenvalue weighted by Gasteiger charge is 2.23. The number of anilines is 1. The van der Waals surface area contributed by atoms with Crippen LogP contribution < -0.4 is 15.4 Å². The van der Waals surface area contributed by atoms with E-state index < -0.39 is 11.9 Å². The van der Waals surface area contributed by atoms with E-state index in [0.29, 0.717) is 18.0 Å². The van der Waals surface area contributed by atoms with E-state index in [2.05, 4.69) is 15.6 Å². The van der Waals surface area contributed by atoms with E-state index in [0.717, 1.165) is 5.56 Å². The molecule has 1 unspecified atom stereocenters. The number of nitrogens with one attached hydrogen (secondary N) is 2.